The molecule has 5 heteroatoms. The second-order valence-electron chi connectivity index (χ2n) is 6.97. The molecule has 1 aliphatic rings. The summed E-state index contributed by atoms with van der Waals surface area (Å²) in [6.45, 7) is 9.42. The molecule has 0 saturated carbocycles. The van der Waals surface area contributed by atoms with Crippen molar-refractivity contribution in [2.45, 2.75) is 71.4 Å². The number of imidazole rings is 1. The number of H-pyrrole nitrogens is 1. The summed E-state index contributed by atoms with van der Waals surface area (Å²) in [6.07, 6.45) is 4.04. The minimum Gasteiger partial charge on any atom is -0.444 e. The summed E-state index contributed by atoms with van der Waals surface area (Å²) in [6, 6.07) is 0. The molecule has 2 N–H and O–H groups in total. The Hall–Kier alpha value is -1.52. The third-order valence-corrected chi connectivity index (χ3v) is 3.36. The monoisotopic (exact) mass is 279 g/mol. The molecule has 1 aliphatic carbocycles. The molecule has 0 spiro atoms. The molecular weight excluding hydrogens is 254 g/mol. The molecule has 0 bridgehead atoms. The molecule has 0 aromatic carbocycles. The number of nitrogens with zero attached hydrogens (tertiary/aromatic N) is 1. The van der Waals surface area contributed by atoms with Crippen LogP contribution in [0.4, 0.5) is 4.79 Å². The SMILES string of the molecule is CC(C)(C)OC(=O)NC(C)(C)c1nc2c([nH]1)CCCC2. The molecular formula is C15H25N3O2. The van der Waals surface area contributed by atoms with Gasteiger partial charge in [0.1, 0.15) is 11.4 Å². The minimum atomic E-state index is -0.570. The summed E-state index contributed by atoms with van der Waals surface area (Å²) in [7, 11) is 0. The fraction of sp³-hybridized carbons (Fsp3) is 0.733. The zero-order valence-corrected chi connectivity index (χ0v) is 13.1. The van der Waals surface area contributed by atoms with Crippen molar-refractivity contribution in [3.8, 4) is 0 Å². The number of carbonyl (C=O) groups excluding carboxylic acids is 1. The summed E-state index contributed by atoms with van der Waals surface area (Å²) in [5.41, 5.74) is 1.29. The van der Waals surface area contributed by atoms with Gasteiger partial charge in [0.2, 0.25) is 0 Å². The van der Waals surface area contributed by atoms with Crippen LogP contribution < -0.4 is 5.32 Å². The van der Waals surface area contributed by atoms with Crippen LogP contribution in [0, 0.1) is 0 Å². The normalized spacial score (nSPS) is 15.7. The molecule has 0 atom stereocenters. The van der Waals surface area contributed by atoms with E-state index >= 15 is 0 Å². The number of amides is 1. The standard InChI is InChI=1S/C15H25N3O2/c1-14(2,3)20-13(19)18-15(4,5)12-16-10-8-6-7-9-11(10)17-12/h6-9H2,1-5H3,(H,16,17)(H,18,19). The maximum Gasteiger partial charge on any atom is 0.408 e. The van der Waals surface area contributed by atoms with E-state index in [0.29, 0.717) is 0 Å². The lowest BCUT2D eigenvalue weighted by molar-refractivity contribution is 0.0466. The van der Waals surface area contributed by atoms with Crippen LogP contribution in [0.5, 0.6) is 0 Å². The van der Waals surface area contributed by atoms with Gasteiger partial charge < -0.3 is 15.0 Å². The van der Waals surface area contributed by atoms with Crippen LogP contribution in [-0.2, 0) is 23.1 Å². The van der Waals surface area contributed by atoms with E-state index in [2.05, 4.69) is 15.3 Å². The van der Waals surface area contributed by atoms with E-state index in [4.69, 9.17) is 4.74 Å². The average molecular weight is 279 g/mol. The van der Waals surface area contributed by atoms with Crippen LogP contribution >= 0.6 is 0 Å². The highest BCUT2D eigenvalue weighted by Gasteiger charge is 2.30. The molecule has 0 saturated heterocycles. The molecule has 0 radical (unpaired) electrons. The van der Waals surface area contributed by atoms with E-state index in [-0.39, 0.29) is 0 Å². The smallest absolute Gasteiger partial charge is 0.408 e. The quantitative estimate of drug-likeness (QED) is 0.874. The van der Waals surface area contributed by atoms with Gasteiger partial charge in [-0.05, 0) is 60.3 Å². The molecule has 1 heterocycles. The van der Waals surface area contributed by atoms with E-state index in [1.807, 2.05) is 34.6 Å². The Morgan fingerprint density at radius 2 is 1.85 bits per heavy atom. The highest BCUT2D eigenvalue weighted by atomic mass is 16.6. The summed E-state index contributed by atoms with van der Waals surface area (Å²) in [5.74, 6) is 0.801. The Kier molecular flexibility index (Phi) is 3.80. The first-order chi connectivity index (χ1) is 9.17. The Morgan fingerprint density at radius 1 is 1.20 bits per heavy atom. The van der Waals surface area contributed by atoms with Crippen molar-refractivity contribution in [2.75, 3.05) is 0 Å². The highest BCUT2D eigenvalue weighted by Crippen LogP contribution is 2.24. The van der Waals surface area contributed by atoms with Gasteiger partial charge in [-0.25, -0.2) is 9.78 Å². The Balaban J connectivity index is 2.09. The molecule has 112 valence electrons. The molecule has 0 fully saturated rings. The zero-order chi connectivity index (χ0) is 15.0. The lowest BCUT2D eigenvalue weighted by Crippen LogP contribution is -2.44. The summed E-state index contributed by atoms with van der Waals surface area (Å²) < 4.78 is 5.31. The number of aromatic nitrogens is 2. The van der Waals surface area contributed by atoms with Gasteiger partial charge in [0.05, 0.1) is 11.2 Å². The maximum absolute atomic E-state index is 11.9. The van der Waals surface area contributed by atoms with Crippen molar-refractivity contribution in [1.29, 1.82) is 0 Å². The highest BCUT2D eigenvalue weighted by molar-refractivity contribution is 5.68. The summed E-state index contributed by atoms with van der Waals surface area (Å²) >= 11 is 0. The van der Waals surface area contributed by atoms with E-state index < -0.39 is 17.2 Å². The van der Waals surface area contributed by atoms with Gasteiger partial charge in [0.25, 0.3) is 0 Å². The largest absolute Gasteiger partial charge is 0.444 e. The summed E-state index contributed by atoms with van der Waals surface area (Å²) in [4.78, 5) is 19.9. The van der Waals surface area contributed by atoms with Gasteiger partial charge in [-0.3, -0.25) is 0 Å². The number of carbonyl (C=O) groups is 1. The second-order valence-corrected chi connectivity index (χ2v) is 6.97. The molecule has 0 aliphatic heterocycles. The van der Waals surface area contributed by atoms with Gasteiger partial charge in [0, 0.05) is 5.69 Å². The molecule has 5 nitrogen and oxygen atoms in total. The number of aromatic amines is 1. The van der Waals surface area contributed by atoms with E-state index in [1.54, 1.807) is 0 Å². The molecule has 0 unspecified atom stereocenters. The van der Waals surface area contributed by atoms with E-state index in [1.165, 1.54) is 18.5 Å². The molecule has 1 amide bonds. The predicted molar refractivity (Wildman–Crippen MR) is 77.6 cm³/mol. The molecule has 20 heavy (non-hydrogen) atoms. The third-order valence-electron chi connectivity index (χ3n) is 3.36. The van der Waals surface area contributed by atoms with Crippen molar-refractivity contribution in [2.24, 2.45) is 0 Å². The number of alkyl carbamates (subject to hydrolysis) is 1. The fourth-order valence-corrected chi connectivity index (χ4v) is 2.37. The Bertz CT molecular complexity index is 474. The maximum atomic E-state index is 11.9. The number of hydrogen-bond acceptors (Lipinski definition) is 3. The fourth-order valence-electron chi connectivity index (χ4n) is 2.37. The van der Waals surface area contributed by atoms with Crippen molar-refractivity contribution in [3.05, 3.63) is 17.2 Å². The number of ether oxygens (including phenoxy) is 1. The van der Waals surface area contributed by atoms with Crippen molar-refractivity contribution in [1.82, 2.24) is 15.3 Å². The van der Waals surface area contributed by atoms with Crippen molar-refractivity contribution >= 4 is 6.09 Å². The number of fused-ring (bicyclic) bond motifs is 1. The van der Waals surface area contributed by atoms with Gasteiger partial charge in [-0.1, -0.05) is 0 Å². The molecule has 2 rings (SSSR count). The minimum absolute atomic E-state index is 0.420. The number of nitrogens with one attached hydrogen (secondary N) is 2. The van der Waals surface area contributed by atoms with Gasteiger partial charge in [-0.2, -0.15) is 0 Å². The van der Waals surface area contributed by atoms with E-state index in [0.717, 1.165) is 24.4 Å². The van der Waals surface area contributed by atoms with Crippen LogP contribution in [0.1, 0.15) is 64.7 Å². The van der Waals surface area contributed by atoms with Gasteiger partial charge in [0.15, 0.2) is 0 Å². The van der Waals surface area contributed by atoms with Crippen molar-refractivity contribution < 1.29 is 9.53 Å². The third kappa shape index (κ3) is 3.52. The van der Waals surface area contributed by atoms with Crippen LogP contribution in [0.2, 0.25) is 0 Å². The van der Waals surface area contributed by atoms with E-state index in [9.17, 15) is 4.79 Å². The summed E-state index contributed by atoms with van der Waals surface area (Å²) in [5, 5.41) is 2.88. The average Bonchev–Trinajstić information content (AvgIpc) is 2.69. The zero-order valence-electron chi connectivity index (χ0n) is 13.1. The van der Waals surface area contributed by atoms with Gasteiger partial charge >= 0.3 is 6.09 Å². The number of aryl methyl sites for hydroxylation is 2. The molecule has 1 aromatic rings. The van der Waals surface area contributed by atoms with Crippen molar-refractivity contribution in [3.63, 3.8) is 0 Å². The topological polar surface area (TPSA) is 67.0 Å². The van der Waals surface area contributed by atoms with Crippen LogP contribution in [0.3, 0.4) is 0 Å². The first-order valence-electron chi connectivity index (χ1n) is 7.27. The van der Waals surface area contributed by atoms with Gasteiger partial charge in [-0.15, -0.1) is 0 Å². The Labute approximate surface area is 120 Å². The second kappa shape index (κ2) is 5.11. The Morgan fingerprint density at radius 3 is 2.45 bits per heavy atom. The number of hydrogen-bond donors (Lipinski definition) is 2. The van der Waals surface area contributed by atoms with Crippen LogP contribution in [0.25, 0.3) is 0 Å². The number of rotatable bonds is 2. The van der Waals surface area contributed by atoms with Crippen LogP contribution in [-0.4, -0.2) is 21.7 Å². The predicted octanol–water partition coefficient (Wildman–Crippen LogP) is 3.05. The first kappa shape index (κ1) is 14.9. The first-order valence-corrected chi connectivity index (χ1v) is 7.27. The molecule has 1 aromatic heterocycles. The lowest BCUT2D eigenvalue weighted by atomic mass is 10.0. The lowest BCUT2D eigenvalue weighted by Gasteiger charge is -2.27. The van der Waals surface area contributed by atoms with Crippen LogP contribution in [0.15, 0.2) is 0 Å².